The minimum absolute atomic E-state index is 0.0339. The van der Waals surface area contributed by atoms with Crippen LogP contribution < -0.4 is 36.9 Å². The van der Waals surface area contributed by atoms with Crippen LogP contribution >= 0.6 is 34.8 Å². The molecule has 100 heavy (non-hydrogen) atoms. The summed E-state index contributed by atoms with van der Waals surface area (Å²) in [6.07, 6.45) is -0.431. The summed E-state index contributed by atoms with van der Waals surface area (Å²) in [5.74, 6) is 4.40. The molecule has 3 amide bonds. The van der Waals surface area contributed by atoms with E-state index in [-0.39, 0.29) is 104 Å². The maximum absolute atomic E-state index is 14.1. The van der Waals surface area contributed by atoms with Gasteiger partial charge in [-0.05, 0) is 97.9 Å². The molecule has 38 heteroatoms. The van der Waals surface area contributed by atoms with Gasteiger partial charge in [0.05, 0.1) is 54.0 Å². The fourth-order valence-corrected chi connectivity index (χ4v) is 14.3. The van der Waals surface area contributed by atoms with Crippen LogP contribution in [0.1, 0.15) is 66.7 Å². The van der Waals surface area contributed by atoms with Gasteiger partial charge in [-0.3, -0.25) is 23.7 Å². The van der Waals surface area contributed by atoms with Crippen molar-refractivity contribution in [3.05, 3.63) is 169 Å². The minimum atomic E-state index is -5.81. The average molecular weight is 1460 g/mol. The molecule has 2 aromatic heterocycles. The molecule has 9 N–H and O–H groups in total. The lowest BCUT2D eigenvalue weighted by molar-refractivity contribution is -0.126. The topological polar surface area (TPSA) is 483 Å². The third-order valence-corrected chi connectivity index (χ3v) is 19.6. The number of allylic oxidation sites excluding steroid dienone is 2. The van der Waals surface area contributed by atoms with Crippen molar-refractivity contribution in [1.29, 1.82) is 0 Å². The second kappa shape index (κ2) is 36.3. The highest BCUT2D eigenvalue weighted by Gasteiger charge is 2.44. The maximum atomic E-state index is 14.1. The molecule has 4 aromatic carbocycles. The van der Waals surface area contributed by atoms with Crippen LogP contribution in [0.25, 0.3) is 63.8 Å². The highest BCUT2D eigenvalue weighted by molar-refractivity contribution is 7.66. The molecule has 0 radical (unpaired) electrons. The first-order valence-electron chi connectivity index (χ1n) is 30.7. The molecule has 0 bridgehead atoms. The number of ketones is 1. The summed E-state index contributed by atoms with van der Waals surface area (Å²) in [4.78, 5) is 118. The smallest absolute Gasteiger partial charge is 0.490 e. The monoisotopic (exact) mass is 1460 g/mol. The predicted octanol–water partition coefficient (Wildman–Crippen LogP) is 8.71. The van der Waals surface area contributed by atoms with Crippen molar-refractivity contribution < 1.29 is 93.7 Å². The predicted molar refractivity (Wildman–Crippen MR) is 364 cm³/mol. The molecule has 1 saturated heterocycles. The van der Waals surface area contributed by atoms with Gasteiger partial charge in [-0.2, -0.15) is 8.62 Å². The molecule has 2 aliphatic rings. The van der Waals surface area contributed by atoms with Gasteiger partial charge in [-0.15, -0.1) is 11.3 Å². The number of carbonyl (C=O) groups excluding carboxylic acids is 4. The Hall–Kier alpha value is -9.09. The number of rotatable bonds is 37. The van der Waals surface area contributed by atoms with Gasteiger partial charge in [0.15, 0.2) is 6.23 Å². The fraction of sp³-hybridized carbons (Fsp3) is 0.355. The number of azide groups is 2. The maximum Gasteiger partial charge on any atom is 0.490 e. The van der Waals surface area contributed by atoms with Crippen molar-refractivity contribution in [1.82, 2.24) is 25.8 Å². The molecule has 0 spiro atoms. The zero-order valence-electron chi connectivity index (χ0n) is 53.7. The Labute approximate surface area is 574 Å². The molecule has 6 aromatic rings. The van der Waals surface area contributed by atoms with Gasteiger partial charge in [0, 0.05) is 101 Å². The summed E-state index contributed by atoms with van der Waals surface area (Å²) in [5.41, 5.74) is 28.1. The van der Waals surface area contributed by atoms with Crippen molar-refractivity contribution in [3.8, 4) is 39.3 Å². The zero-order valence-corrected chi connectivity index (χ0v) is 57.2. The number of para-hydroxylation sites is 1. The van der Waals surface area contributed by atoms with Crippen molar-refractivity contribution in [2.45, 2.75) is 70.6 Å². The van der Waals surface area contributed by atoms with Gasteiger partial charge in [0.2, 0.25) is 5.91 Å². The van der Waals surface area contributed by atoms with E-state index in [9.17, 15) is 53.0 Å². The van der Waals surface area contributed by atoms with Crippen LogP contribution in [-0.4, -0.2) is 150 Å². The Morgan fingerprint density at radius 3 is 2.37 bits per heavy atom. The number of nitrogens with zero attached hydrogens (tertiary/aromatic N) is 9. The summed E-state index contributed by atoms with van der Waals surface area (Å²) in [5, 5.41) is 16.3. The third kappa shape index (κ3) is 22.2. The largest absolute Gasteiger partial charge is 0.491 e. The molecule has 34 nitrogen and oxygen atoms in total. The molecule has 4 heterocycles. The molecule has 1 fully saturated rings. The number of phosphoric ester groups is 1. The third-order valence-electron chi connectivity index (χ3n) is 14.8. The molecule has 6 unspecified atom stereocenters. The van der Waals surface area contributed by atoms with E-state index in [0.29, 0.717) is 45.5 Å². The van der Waals surface area contributed by atoms with E-state index < -0.39 is 85.5 Å². The first-order chi connectivity index (χ1) is 47.9. The molecule has 530 valence electrons. The number of phosphoric acid groups is 3. The minimum Gasteiger partial charge on any atom is -0.491 e. The van der Waals surface area contributed by atoms with Gasteiger partial charge < -0.3 is 79.2 Å². The second-order valence-electron chi connectivity index (χ2n) is 21.6. The Bertz CT molecular complexity index is 4410. The van der Waals surface area contributed by atoms with Gasteiger partial charge in [-0.25, -0.2) is 23.5 Å². The van der Waals surface area contributed by atoms with E-state index >= 15 is 0 Å². The van der Waals surface area contributed by atoms with E-state index in [0.717, 1.165) is 29.0 Å². The number of anilines is 1. The average Bonchev–Trinajstić information content (AvgIpc) is 1.39. The molecule has 0 aliphatic carbocycles. The highest BCUT2D eigenvalue weighted by atomic mass is 32.1. The Morgan fingerprint density at radius 1 is 0.900 bits per heavy atom. The number of amides is 3. The van der Waals surface area contributed by atoms with Crippen LogP contribution in [0.2, 0.25) is 0 Å². The van der Waals surface area contributed by atoms with Crippen LogP contribution in [0.4, 0.5) is 5.69 Å². The van der Waals surface area contributed by atoms with Gasteiger partial charge in [0.25, 0.3) is 11.8 Å². The number of ether oxygens (including phenoxy) is 5. The van der Waals surface area contributed by atoms with Gasteiger partial charge >= 0.3 is 29.1 Å². The van der Waals surface area contributed by atoms with E-state index in [1.54, 1.807) is 42.5 Å². The summed E-state index contributed by atoms with van der Waals surface area (Å²) < 4.78 is 82.6. The standard InChI is InChI=1S/C62H70N13O21P3S/c1-4-74(5-2)42-23-24-47-50(32-42)94-62(80)58(61-70-49-21-8-9-22-53(49)100-61)57(47)45-19-6-7-20-46(45)60(79)68-27-13-17-43(76)16-12-26-67-59(78)40-14-10-18-44(31-40)90-37-55(71-73-65)89-29-28-88-36-54(77)66-25-11-15-41-34-75(39(3)30-48(41)63)56-33-51(91-38-69-72-64)52(93-56)35-92-98(84,85)96-99(86,87)95-97(81,82)83/h6-10,14,18-24,30-32,34,51-52,55-56H,3-5,12-13,16-17,25-29,33,35-38,63H2,1-2H3,(H,66,77)(H,67,78)(H,68,79)(H,84,85)(H,86,87)(H2,81,82,83). The Morgan fingerprint density at radius 2 is 1.64 bits per heavy atom. The number of hydrogen-bond donors (Lipinski definition) is 8. The van der Waals surface area contributed by atoms with Crippen molar-refractivity contribution in [2.75, 3.05) is 77.4 Å². The zero-order chi connectivity index (χ0) is 72.0. The number of aromatic nitrogens is 1. The quantitative estimate of drug-likeness (QED) is 0.00343. The Balaban J connectivity index is 0.729. The number of benzene rings is 4. The Kier molecular flexibility index (Phi) is 27.8. The molecule has 0 saturated carbocycles. The number of thiazole rings is 1. The fourth-order valence-electron chi connectivity index (χ4n) is 10.3. The number of nitrogens with two attached hydrogens (primary N) is 1. The lowest BCUT2D eigenvalue weighted by atomic mass is 9.92. The first kappa shape index (κ1) is 76.7. The van der Waals surface area contributed by atoms with Gasteiger partial charge in [-0.1, -0.05) is 65.0 Å². The van der Waals surface area contributed by atoms with Gasteiger partial charge in [0.1, 0.15) is 60.0 Å². The molecule has 8 rings (SSSR count). The number of nitrogens with one attached hydrogen (secondary N) is 3. The number of hydrogen-bond acceptors (Lipinski definition) is 24. The van der Waals surface area contributed by atoms with E-state index in [1.165, 1.54) is 34.6 Å². The second-order valence-corrected chi connectivity index (χ2v) is 27.1. The first-order valence-corrected chi connectivity index (χ1v) is 36.1. The number of carbonyl (C=O) groups is 4. The normalized spacial score (nSPS) is 16.7. The molecular weight excluding hydrogens is 1390 g/mol. The van der Waals surface area contributed by atoms with Crippen LogP contribution in [0.5, 0.6) is 5.75 Å². The van der Waals surface area contributed by atoms with Crippen LogP contribution in [-0.2, 0) is 55.4 Å². The number of Topliss-reactive ketones (excluding diaryl/α,β-unsaturated/α-hetero) is 1. The van der Waals surface area contributed by atoms with Crippen LogP contribution in [0, 0.1) is 11.8 Å². The molecule has 6 atom stereocenters. The molecule has 2 aliphatic heterocycles. The summed E-state index contributed by atoms with van der Waals surface area (Å²) >= 11 is 1.36. The summed E-state index contributed by atoms with van der Waals surface area (Å²) in [6.45, 7) is 7.45. The van der Waals surface area contributed by atoms with E-state index in [1.807, 2.05) is 56.3 Å². The summed E-state index contributed by atoms with van der Waals surface area (Å²) in [6, 6.07) is 26.6. The van der Waals surface area contributed by atoms with Crippen molar-refractivity contribution in [3.63, 3.8) is 0 Å². The highest BCUT2D eigenvalue weighted by Crippen LogP contribution is 2.66. The van der Waals surface area contributed by atoms with Crippen LogP contribution in [0.3, 0.4) is 0 Å². The van der Waals surface area contributed by atoms with Crippen molar-refractivity contribution >= 4 is 85.2 Å². The summed E-state index contributed by atoms with van der Waals surface area (Å²) in [7, 11) is -17.0. The SMILES string of the molecule is C=C1C=C(N)C(C#CCNC(=O)COCCOC(COc2cccc(C(=O)NCCCC(=O)CCCNC(=O)c3ccccc3-c3c(-c4nc5ccccc5s4)c(=O)oc4cc(N(CC)CC)ccc34)c2)N=[N+]=[N-])=CN1C1CC(OCN=[N+]=[N-])C(COP(=O)(O)OP(=O)(O)OP(=O)(O)O)O1. The van der Waals surface area contributed by atoms with Crippen molar-refractivity contribution in [2.24, 2.45) is 16.0 Å². The van der Waals surface area contributed by atoms with E-state index in [2.05, 4.69) is 67.9 Å². The molecular formula is C62H70N13O21P3S. The lowest BCUT2D eigenvalue weighted by Gasteiger charge is -2.31. The lowest BCUT2D eigenvalue weighted by Crippen LogP contribution is -2.33. The number of fused-ring (bicyclic) bond motifs is 2. The van der Waals surface area contributed by atoms with E-state index in [4.69, 9.17) is 58.7 Å². The van der Waals surface area contributed by atoms with Crippen LogP contribution in [0.15, 0.2) is 146 Å².